The summed E-state index contributed by atoms with van der Waals surface area (Å²) in [4.78, 5) is 11.6. The van der Waals surface area contributed by atoms with Crippen molar-refractivity contribution in [3.05, 3.63) is 29.6 Å². The van der Waals surface area contributed by atoms with E-state index < -0.39 is 5.92 Å². The van der Waals surface area contributed by atoms with E-state index in [4.69, 9.17) is 5.11 Å². The number of hydrogen-bond donors (Lipinski definition) is 2. The van der Waals surface area contributed by atoms with Gasteiger partial charge in [-0.05, 0) is 37.1 Å². The van der Waals surface area contributed by atoms with Crippen LogP contribution >= 0.6 is 0 Å². The first kappa shape index (κ1) is 12.6. The van der Waals surface area contributed by atoms with E-state index in [1.54, 1.807) is 13.0 Å². The van der Waals surface area contributed by atoms with Crippen molar-refractivity contribution in [2.75, 3.05) is 11.9 Å². The Balaban J connectivity index is 2.73. The van der Waals surface area contributed by atoms with Crippen LogP contribution in [0.3, 0.4) is 0 Å². The van der Waals surface area contributed by atoms with Crippen molar-refractivity contribution in [1.29, 1.82) is 0 Å². The molecule has 2 N–H and O–H groups in total. The predicted octanol–water partition coefficient (Wildman–Crippen LogP) is 2.09. The van der Waals surface area contributed by atoms with E-state index in [9.17, 15) is 9.18 Å². The fourth-order valence-electron chi connectivity index (χ4n) is 1.36. The number of rotatable bonds is 4. The van der Waals surface area contributed by atoms with E-state index in [1.165, 1.54) is 12.1 Å². The van der Waals surface area contributed by atoms with Gasteiger partial charge in [0.25, 0.3) is 0 Å². The summed E-state index contributed by atoms with van der Waals surface area (Å²) < 4.78 is 13.0. The van der Waals surface area contributed by atoms with Gasteiger partial charge in [-0.2, -0.15) is 0 Å². The number of nitrogens with one attached hydrogen (secondary N) is 1. The lowest BCUT2D eigenvalue weighted by atomic mass is 10.1. The first-order valence-electron chi connectivity index (χ1n) is 5.26. The van der Waals surface area contributed by atoms with Crippen LogP contribution in [0.4, 0.5) is 10.1 Å². The Labute approximate surface area is 94.3 Å². The highest BCUT2D eigenvalue weighted by Gasteiger charge is 2.15. The van der Waals surface area contributed by atoms with Crippen molar-refractivity contribution < 1.29 is 14.3 Å². The maximum atomic E-state index is 13.0. The van der Waals surface area contributed by atoms with Crippen LogP contribution in [0.25, 0.3) is 0 Å². The van der Waals surface area contributed by atoms with Crippen LogP contribution in [0.15, 0.2) is 18.2 Å². The number of benzene rings is 1. The lowest BCUT2D eigenvalue weighted by Crippen LogP contribution is -2.25. The molecule has 1 unspecified atom stereocenters. The molecule has 1 rings (SSSR count). The Morgan fingerprint density at radius 2 is 2.25 bits per heavy atom. The minimum absolute atomic E-state index is 0.178. The Morgan fingerprint density at radius 3 is 2.75 bits per heavy atom. The standard InChI is InChI=1S/C12H16FNO2/c1-3-9(7-15)12(16)14-10-4-5-11(13)8(2)6-10/h4-6,9,15H,3,7H2,1-2H3,(H,14,16). The Kier molecular flexibility index (Phi) is 4.43. The molecule has 0 heterocycles. The van der Waals surface area contributed by atoms with Crippen molar-refractivity contribution in [3.63, 3.8) is 0 Å². The van der Waals surface area contributed by atoms with Gasteiger partial charge >= 0.3 is 0 Å². The molecular weight excluding hydrogens is 209 g/mol. The number of carbonyl (C=O) groups excluding carboxylic acids is 1. The lowest BCUT2D eigenvalue weighted by Gasteiger charge is -2.12. The molecule has 1 amide bonds. The van der Waals surface area contributed by atoms with Crippen LogP contribution in [0.1, 0.15) is 18.9 Å². The molecular formula is C12H16FNO2. The third kappa shape index (κ3) is 3.03. The highest BCUT2D eigenvalue weighted by molar-refractivity contribution is 5.92. The highest BCUT2D eigenvalue weighted by Crippen LogP contribution is 2.15. The lowest BCUT2D eigenvalue weighted by molar-refractivity contribution is -0.121. The van der Waals surface area contributed by atoms with Crippen LogP contribution in [-0.4, -0.2) is 17.6 Å². The molecule has 0 aliphatic rings. The second-order valence-electron chi connectivity index (χ2n) is 3.74. The van der Waals surface area contributed by atoms with Crippen molar-refractivity contribution >= 4 is 11.6 Å². The van der Waals surface area contributed by atoms with Gasteiger partial charge in [-0.3, -0.25) is 4.79 Å². The molecule has 0 bridgehead atoms. The van der Waals surface area contributed by atoms with Crippen molar-refractivity contribution in [2.45, 2.75) is 20.3 Å². The molecule has 1 aromatic rings. The fourth-order valence-corrected chi connectivity index (χ4v) is 1.36. The Morgan fingerprint density at radius 1 is 1.56 bits per heavy atom. The average molecular weight is 225 g/mol. The summed E-state index contributed by atoms with van der Waals surface area (Å²) >= 11 is 0. The monoisotopic (exact) mass is 225 g/mol. The van der Waals surface area contributed by atoms with Gasteiger partial charge in [-0.1, -0.05) is 6.92 Å². The number of aryl methyl sites for hydroxylation is 1. The van der Waals surface area contributed by atoms with Gasteiger partial charge in [0.1, 0.15) is 5.82 Å². The second-order valence-corrected chi connectivity index (χ2v) is 3.74. The minimum Gasteiger partial charge on any atom is -0.396 e. The SMILES string of the molecule is CCC(CO)C(=O)Nc1ccc(F)c(C)c1. The van der Waals surface area contributed by atoms with E-state index in [1.807, 2.05) is 6.92 Å². The maximum absolute atomic E-state index is 13.0. The van der Waals surface area contributed by atoms with Crippen LogP contribution < -0.4 is 5.32 Å². The number of halogens is 1. The quantitative estimate of drug-likeness (QED) is 0.824. The zero-order chi connectivity index (χ0) is 12.1. The molecule has 1 atom stereocenters. The number of hydrogen-bond acceptors (Lipinski definition) is 2. The summed E-state index contributed by atoms with van der Waals surface area (Å²) in [6.45, 7) is 3.28. The Bertz CT molecular complexity index is 375. The van der Waals surface area contributed by atoms with Gasteiger partial charge in [-0.15, -0.1) is 0 Å². The number of aliphatic hydroxyl groups excluding tert-OH is 1. The summed E-state index contributed by atoms with van der Waals surface area (Å²) in [5.41, 5.74) is 1.03. The molecule has 88 valence electrons. The Hall–Kier alpha value is -1.42. The number of aliphatic hydroxyl groups is 1. The largest absolute Gasteiger partial charge is 0.396 e. The molecule has 4 heteroatoms. The van der Waals surface area contributed by atoms with Crippen molar-refractivity contribution in [1.82, 2.24) is 0 Å². The van der Waals surface area contributed by atoms with Crippen LogP contribution in [-0.2, 0) is 4.79 Å². The summed E-state index contributed by atoms with van der Waals surface area (Å²) in [6, 6.07) is 4.38. The van der Waals surface area contributed by atoms with Crippen molar-refractivity contribution in [3.8, 4) is 0 Å². The summed E-state index contributed by atoms with van der Waals surface area (Å²) in [7, 11) is 0. The first-order chi connectivity index (χ1) is 7.58. The molecule has 0 fully saturated rings. The van der Waals surface area contributed by atoms with Crippen LogP contribution in [0.2, 0.25) is 0 Å². The van der Waals surface area contributed by atoms with E-state index in [0.717, 1.165) is 0 Å². The molecule has 0 radical (unpaired) electrons. The smallest absolute Gasteiger partial charge is 0.229 e. The van der Waals surface area contributed by atoms with Gasteiger partial charge in [0, 0.05) is 5.69 Å². The van der Waals surface area contributed by atoms with Crippen LogP contribution in [0, 0.1) is 18.7 Å². The molecule has 3 nitrogen and oxygen atoms in total. The van der Waals surface area contributed by atoms with Gasteiger partial charge < -0.3 is 10.4 Å². The summed E-state index contributed by atoms with van der Waals surface area (Å²) in [6.07, 6.45) is 0.572. The topological polar surface area (TPSA) is 49.3 Å². The first-order valence-corrected chi connectivity index (χ1v) is 5.26. The number of carbonyl (C=O) groups is 1. The molecule has 16 heavy (non-hydrogen) atoms. The van der Waals surface area contributed by atoms with Crippen LogP contribution in [0.5, 0.6) is 0 Å². The van der Waals surface area contributed by atoms with E-state index in [2.05, 4.69) is 5.32 Å². The molecule has 0 spiro atoms. The molecule has 0 aromatic heterocycles. The maximum Gasteiger partial charge on any atom is 0.229 e. The van der Waals surface area contributed by atoms with E-state index in [0.29, 0.717) is 17.7 Å². The minimum atomic E-state index is -0.412. The second kappa shape index (κ2) is 5.61. The zero-order valence-electron chi connectivity index (χ0n) is 9.46. The molecule has 0 saturated heterocycles. The average Bonchev–Trinajstić information content (AvgIpc) is 2.25. The molecule has 0 aliphatic heterocycles. The third-order valence-corrected chi connectivity index (χ3v) is 2.51. The normalized spacial score (nSPS) is 12.2. The predicted molar refractivity (Wildman–Crippen MR) is 60.6 cm³/mol. The zero-order valence-corrected chi connectivity index (χ0v) is 9.46. The van der Waals surface area contributed by atoms with Gasteiger partial charge in [0.05, 0.1) is 12.5 Å². The van der Waals surface area contributed by atoms with E-state index >= 15 is 0 Å². The fraction of sp³-hybridized carbons (Fsp3) is 0.417. The number of amides is 1. The van der Waals surface area contributed by atoms with Gasteiger partial charge in [-0.25, -0.2) is 4.39 Å². The highest BCUT2D eigenvalue weighted by atomic mass is 19.1. The molecule has 1 aromatic carbocycles. The number of anilines is 1. The van der Waals surface area contributed by atoms with Gasteiger partial charge in [0.15, 0.2) is 0 Å². The van der Waals surface area contributed by atoms with Crippen molar-refractivity contribution in [2.24, 2.45) is 5.92 Å². The summed E-state index contributed by atoms with van der Waals surface area (Å²) in [5, 5.41) is 11.6. The molecule has 0 saturated carbocycles. The summed E-state index contributed by atoms with van der Waals surface area (Å²) in [5.74, 6) is -0.950. The molecule has 0 aliphatic carbocycles. The third-order valence-electron chi connectivity index (χ3n) is 2.51. The van der Waals surface area contributed by atoms with Gasteiger partial charge in [0.2, 0.25) is 5.91 Å². The van der Waals surface area contributed by atoms with E-state index in [-0.39, 0.29) is 18.3 Å².